The third-order valence-corrected chi connectivity index (χ3v) is 5.17. The number of rotatable bonds is 2. The molecule has 0 bridgehead atoms. The highest BCUT2D eigenvalue weighted by molar-refractivity contribution is 5.68. The fourth-order valence-electron chi connectivity index (χ4n) is 3.57. The number of ether oxygens (including phenoxy) is 3. The number of nitrogens with two attached hydrogens (primary N) is 1. The van der Waals surface area contributed by atoms with E-state index in [1.165, 1.54) is 11.1 Å². The van der Waals surface area contributed by atoms with E-state index in [4.69, 9.17) is 19.9 Å². The van der Waals surface area contributed by atoms with Crippen LogP contribution >= 0.6 is 0 Å². The highest BCUT2D eigenvalue weighted by atomic mass is 16.7. The molecule has 2 aliphatic heterocycles. The zero-order valence-corrected chi connectivity index (χ0v) is 14.1. The Hall–Kier alpha value is -2.62. The van der Waals surface area contributed by atoms with Crippen LogP contribution in [0.3, 0.4) is 0 Å². The molecule has 4 heteroatoms. The topological polar surface area (TPSA) is 53.7 Å². The summed E-state index contributed by atoms with van der Waals surface area (Å²) in [6, 6.07) is 8.33. The van der Waals surface area contributed by atoms with Gasteiger partial charge < -0.3 is 19.9 Å². The van der Waals surface area contributed by atoms with Crippen molar-refractivity contribution in [1.29, 1.82) is 0 Å². The maximum absolute atomic E-state index is 6.31. The van der Waals surface area contributed by atoms with Crippen molar-refractivity contribution in [1.82, 2.24) is 0 Å². The molecule has 0 spiro atoms. The molecule has 1 unspecified atom stereocenters. The summed E-state index contributed by atoms with van der Waals surface area (Å²) in [5.74, 6) is 1.21. The summed E-state index contributed by atoms with van der Waals surface area (Å²) in [5, 5.41) is 0. The molecule has 0 saturated carbocycles. The maximum Gasteiger partial charge on any atom is 0.266 e. The highest BCUT2D eigenvalue weighted by Crippen LogP contribution is 2.46. The minimum absolute atomic E-state index is 0.208. The Kier molecular flexibility index (Phi) is 3.41. The number of hydrogen-bond acceptors (Lipinski definition) is 4. The maximum atomic E-state index is 6.31. The predicted octanol–water partition coefficient (Wildman–Crippen LogP) is 4.23. The van der Waals surface area contributed by atoms with Gasteiger partial charge in [0.2, 0.25) is 0 Å². The molecule has 2 heterocycles. The van der Waals surface area contributed by atoms with E-state index in [1.54, 1.807) is 12.5 Å². The first kappa shape index (κ1) is 14.9. The molecular formula is C20H21NO3. The molecule has 0 saturated heterocycles. The van der Waals surface area contributed by atoms with Crippen molar-refractivity contribution >= 4 is 5.69 Å². The van der Waals surface area contributed by atoms with Crippen molar-refractivity contribution in [3.8, 4) is 5.75 Å². The van der Waals surface area contributed by atoms with E-state index in [0.717, 1.165) is 33.7 Å². The molecule has 4 rings (SSSR count). The molecule has 124 valence electrons. The molecule has 24 heavy (non-hydrogen) atoms. The quantitative estimate of drug-likeness (QED) is 0.840. The first-order valence-corrected chi connectivity index (χ1v) is 8.15. The highest BCUT2D eigenvalue weighted by Gasteiger charge is 2.31. The molecule has 0 radical (unpaired) electrons. The first-order valence-electron chi connectivity index (χ1n) is 8.15. The molecule has 2 aromatic carbocycles. The Balaban J connectivity index is 1.71. The van der Waals surface area contributed by atoms with Crippen molar-refractivity contribution < 1.29 is 14.2 Å². The van der Waals surface area contributed by atoms with Crippen LogP contribution in [0.4, 0.5) is 5.69 Å². The molecule has 0 aliphatic carbocycles. The van der Waals surface area contributed by atoms with Gasteiger partial charge in [-0.2, -0.15) is 0 Å². The van der Waals surface area contributed by atoms with Gasteiger partial charge in [-0.25, -0.2) is 0 Å². The zero-order valence-electron chi connectivity index (χ0n) is 14.1. The van der Waals surface area contributed by atoms with Crippen LogP contribution in [0.15, 0.2) is 36.8 Å². The van der Waals surface area contributed by atoms with Crippen molar-refractivity contribution in [3.05, 3.63) is 70.2 Å². The first-order chi connectivity index (χ1) is 11.6. The molecule has 1 atom stereocenters. The molecule has 2 N–H and O–H groups in total. The van der Waals surface area contributed by atoms with Crippen LogP contribution in [0.2, 0.25) is 0 Å². The SMILES string of the molecule is Cc1c(C)c2c(c(C)c1N)C(c1ccc(C3OC=CO3)cc1)CO2. The fourth-order valence-corrected chi connectivity index (χ4v) is 3.57. The van der Waals surface area contributed by atoms with Gasteiger partial charge in [0.1, 0.15) is 18.3 Å². The van der Waals surface area contributed by atoms with Crippen LogP contribution in [0.5, 0.6) is 5.75 Å². The smallest absolute Gasteiger partial charge is 0.266 e. The van der Waals surface area contributed by atoms with Crippen LogP contribution in [0, 0.1) is 20.8 Å². The summed E-state index contributed by atoms with van der Waals surface area (Å²) < 4.78 is 16.8. The summed E-state index contributed by atoms with van der Waals surface area (Å²) in [6.07, 6.45) is 2.79. The van der Waals surface area contributed by atoms with Crippen molar-refractivity contribution in [2.75, 3.05) is 12.3 Å². The van der Waals surface area contributed by atoms with Gasteiger partial charge >= 0.3 is 0 Å². The van der Waals surface area contributed by atoms with Gasteiger partial charge in [-0.05, 0) is 43.0 Å². The van der Waals surface area contributed by atoms with Crippen molar-refractivity contribution in [3.63, 3.8) is 0 Å². The number of benzene rings is 2. The Morgan fingerprint density at radius 2 is 1.50 bits per heavy atom. The average molecular weight is 323 g/mol. The molecular weight excluding hydrogens is 302 g/mol. The van der Waals surface area contributed by atoms with Crippen LogP contribution in [-0.4, -0.2) is 6.61 Å². The predicted molar refractivity (Wildman–Crippen MR) is 92.9 cm³/mol. The van der Waals surface area contributed by atoms with E-state index in [1.807, 2.05) is 12.1 Å². The van der Waals surface area contributed by atoms with E-state index < -0.39 is 0 Å². The average Bonchev–Trinajstić information content (AvgIpc) is 3.28. The minimum Gasteiger partial charge on any atom is -0.492 e. The molecule has 0 amide bonds. The van der Waals surface area contributed by atoms with Crippen LogP contribution in [0.25, 0.3) is 0 Å². The van der Waals surface area contributed by atoms with Gasteiger partial charge in [-0.3, -0.25) is 0 Å². The lowest BCUT2D eigenvalue weighted by molar-refractivity contribution is -0.0246. The van der Waals surface area contributed by atoms with E-state index in [-0.39, 0.29) is 12.2 Å². The van der Waals surface area contributed by atoms with Crippen molar-refractivity contribution in [2.45, 2.75) is 33.0 Å². The standard InChI is InChI=1S/C20H21NO3/c1-11-12(2)19-17(13(3)18(11)21)16(10-24-19)14-4-6-15(7-5-14)20-22-8-9-23-20/h4-9,16,20H,10,21H2,1-3H3. The Morgan fingerprint density at radius 1 is 0.875 bits per heavy atom. The van der Waals surface area contributed by atoms with Gasteiger partial charge in [0.15, 0.2) is 0 Å². The van der Waals surface area contributed by atoms with Gasteiger partial charge in [0.05, 0.1) is 6.61 Å². The van der Waals surface area contributed by atoms with Crippen LogP contribution in [-0.2, 0) is 9.47 Å². The van der Waals surface area contributed by atoms with Gasteiger partial charge in [0.25, 0.3) is 6.29 Å². The monoisotopic (exact) mass is 323 g/mol. The number of hydrogen-bond donors (Lipinski definition) is 1. The van der Waals surface area contributed by atoms with Crippen molar-refractivity contribution in [2.24, 2.45) is 0 Å². The number of nitrogen functional groups attached to an aromatic ring is 1. The third-order valence-electron chi connectivity index (χ3n) is 5.17. The Morgan fingerprint density at radius 3 is 2.17 bits per heavy atom. The summed E-state index contributed by atoms with van der Waals surface area (Å²) in [6.45, 7) is 6.87. The summed E-state index contributed by atoms with van der Waals surface area (Å²) in [5.41, 5.74) is 14.0. The van der Waals surface area contributed by atoms with Crippen LogP contribution in [0.1, 0.15) is 45.6 Å². The Bertz CT molecular complexity index is 816. The lowest BCUT2D eigenvalue weighted by Gasteiger charge is -2.17. The molecule has 0 fully saturated rings. The summed E-state index contributed by atoms with van der Waals surface area (Å²) in [7, 11) is 0. The van der Waals surface area contributed by atoms with Crippen LogP contribution < -0.4 is 10.5 Å². The molecule has 0 aromatic heterocycles. The third kappa shape index (κ3) is 2.13. The van der Waals surface area contributed by atoms with E-state index in [9.17, 15) is 0 Å². The largest absolute Gasteiger partial charge is 0.492 e. The van der Waals surface area contributed by atoms with E-state index in [2.05, 4.69) is 32.9 Å². The zero-order chi connectivity index (χ0) is 16.8. The molecule has 4 nitrogen and oxygen atoms in total. The normalized spacial score (nSPS) is 18.9. The number of fused-ring (bicyclic) bond motifs is 1. The summed E-state index contributed by atoms with van der Waals surface area (Å²) in [4.78, 5) is 0. The van der Waals surface area contributed by atoms with Gasteiger partial charge in [0, 0.05) is 22.7 Å². The second kappa shape index (κ2) is 5.48. The van der Waals surface area contributed by atoms with Gasteiger partial charge in [-0.15, -0.1) is 0 Å². The Labute approximate surface area is 141 Å². The van der Waals surface area contributed by atoms with E-state index >= 15 is 0 Å². The summed E-state index contributed by atoms with van der Waals surface area (Å²) >= 11 is 0. The lowest BCUT2D eigenvalue weighted by Crippen LogP contribution is -2.06. The fraction of sp³-hybridized carbons (Fsp3) is 0.300. The lowest BCUT2D eigenvalue weighted by atomic mass is 9.86. The molecule has 2 aromatic rings. The van der Waals surface area contributed by atoms with E-state index in [0.29, 0.717) is 6.61 Å². The molecule has 2 aliphatic rings. The second-order valence-electron chi connectivity index (χ2n) is 6.44. The minimum atomic E-state index is -0.339. The second-order valence-corrected chi connectivity index (χ2v) is 6.44. The number of anilines is 1. The van der Waals surface area contributed by atoms with Gasteiger partial charge in [-0.1, -0.05) is 24.3 Å².